The van der Waals surface area contributed by atoms with E-state index in [9.17, 15) is 10.0 Å². The first-order valence-electron chi connectivity index (χ1n) is 4.21. The van der Waals surface area contributed by atoms with Crippen LogP contribution in [0.5, 0.6) is 0 Å². The van der Waals surface area contributed by atoms with Gasteiger partial charge in [-0.05, 0) is 18.1 Å². The molecule has 0 atom stereocenters. The summed E-state index contributed by atoms with van der Waals surface area (Å²) in [6.07, 6.45) is 0. The SMILES string of the molecule is CNc1ccc(C(C)C)c(=O)n1O. The Labute approximate surface area is 76.8 Å². The molecule has 13 heavy (non-hydrogen) atoms. The topological polar surface area (TPSA) is 54.3 Å². The molecule has 0 fully saturated rings. The minimum atomic E-state index is -0.359. The van der Waals surface area contributed by atoms with Crippen LogP contribution in [0.4, 0.5) is 5.82 Å². The molecule has 0 saturated heterocycles. The maximum Gasteiger partial charge on any atom is 0.288 e. The normalized spacial score (nSPS) is 10.5. The van der Waals surface area contributed by atoms with E-state index in [2.05, 4.69) is 5.32 Å². The molecule has 1 rings (SSSR count). The molecule has 0 spiro atoms. The molecule has 0 aliphatic rings. The lowest BCUT2D eigenvalue weighted by atomic mass is 10.1. The molecule has 4 heteroatoms. The highest BCUT2D eigenvalue weighted by Gasteiger charge is 2.09. The summed E-state index contributed by atoms with van der Waals surface area (Å²) in [7, 11) is 1.65. The van der Waals surface area contributed by atoms with Gasteiger partial charge >= 0.3 is 0 Å². The number of aromatic nitrogens is 1. The van der Waals surface area contributed by atoms with Gasteiger partial charge in [-0.3, -0.25) is 4.79 Å². The second kappa shape index (κ2) is 3.51. The lowest BCUT2D eigenvalue weighted by molar-refractivity contribution is 0.179. The summed E-state index contributed by atoms with van der Waals surface area (Å²) in [5, 5.41) is 12.1. The van der Waals surface area contributed by atoms with Gasteiger partial charge < -0.3 is 10.5 Å². The van der Waals surface area contributed by atoms with Crippen molar-refractivity contribution < 1.29 is 5.21 Å². The Morgan fingerprint density at radius 3 is 2.54 bits per heavy atom. The Balaban J connectivity index is 3.32. The van der Waals surface area contributed by atoms with E-state index in [1.807, 2.05) is 13.8 Å². The number of nitrogens with one attached hydrogen (secondary N) is 1. The molecule has 0 amide bonds. The first-order valence-corrected chi connectivity index (χ1v) is 4.21. The van der Waals surface area contributed by atoms with Crippen molar-refractivity contribution >= 4 is 5.82 Å². The van der Waals surface area contributed by atoms with Crippen molar-refractivity contribution in [2.24, 2.45) is 0 Å². The van der Waals surface area contributed by atoms with Crippen LogP contribution in [-0.2, 0) is 0 Å². The van der Waals surface area contributed by atoms with E-state index in [0.717, 1.165) is 0 Å². The van der Waals surface area contributed by atoms with Crippen molar-refractivity contribution in [1.82, 2.24) is 4.73 Å². The molecule has 0 saturated carbocycles. The van der Waals surface area contributed by atoms with Gasteiger partial charge in [0.25, 0.3) is 5.56 Å². The highest BCUT2D eigenvalue weighted by atomic mass is 16.5. The van der Waals surface area contributed by atoms with Crippen molar-refractivity contribution in [3.63, 3.8) is 0 Å². The van der Waals surface area contributed by atoms with Gasteiger partial charge in [0.05, 0.1) is 0 Å². The smallest absolute Gasteiger partial charge is 0.288 e. The van der Waals surface area contributed by atoms with E-state index < -0.39 is 0 Å². The molecule has 1 aromatic rings. The monoisotopic (exact) mass is 182 g/mol. The third-order valence-electron chi connectivity index (χ3n) is 1.97. The maximum atomic E-state index is 11.5. The second-order valence-corrected chi connectivity index (χ2v) is 3.20. The van der Waals surface area contributed by atoms with Crippen molar-refractivity contribution in [1.29, 1.82) is 0 Å². The van der Waals surface area contributed by atoms with E-state index in [0.29, 0.717) is 16.1 Å². The Hall–Kier alpha value is -1.45. The minimum Gasteiger partial charge on any atom is -0.423 e. The Morgan fingerprint density at radius 1 is 1.46 bits per heavy atom. The fourth-order valence-electron chi connectivity index (χ4n) is 1.17. The molecular weight excluding hydrogens is 168 g/mol. The number of hydrogen-bond donors (Lipinski definition) is 2. The van der Waals surface area contributed by atoms with Gasteiger partial charge in [-0.25, -0.2) is 0 Å². The quantitative estimate of drug-likeness (QED) is 0.677. The van der Waals surface area contributed by atoms with Gasteiger partial charge in [-0.1, -0.05) is 13.8 Å². The summed E-state index contributed by atoms with van der Waals surface area (Å²) < 4.78 is 0.634. The minimum absolute atomic E-state index is 0.122. The number of anilines is 1. The summed E-state index contributed by atoms with van der Waals surface area (Å²) in [6.45, 7) is 3.82. The lowest BCUT2D eigenvalue weighted by Crippen LogP contribution is -2.24. The molecule has 0 aromatic carbocycles. The zero-order valence-electron chi connectivity index (χ0n) is 8.03. The predicted molar refractivity (Wildman–Crippen MR) is 51.5 cm³/mol. The van der Waals surface area contributed by atoms with E-state index >= 15 is 0 Å². The van der Waals surface area contributed by atoms with Crippen molar-refractivity contribution in [3.05, 3.63) is 28.0 Å². The number of pyridine rings is 1. The summed E-state index contributed by atoms with van der Waals surface area (Å²) in [4.78, 5) is 11.5. The average Bonchev–Trinajstić information content (AvgIpc) is 2.09. The third-order valence-corrected chi connectivity index (χ3v) is 1.97. The van der Waals surface area contributed by atoms with E-state index in [-0.39, 0.29) is 11.5 Å². The highest BCUT2D eigenvalue weighted by molar-refractivity contribution is 5.36. The van der Waals surface area contributed by atoms with Crippen LogP contribution in [0.15, 0.2) is 16.9 Å². The molecule has 72 valence electrons. The largest absolute Gasteiger partial charge is 0.423 e. The van der Waals surface area contributed by atoms with Gasteiger partial charge in [-0.15, -0.1) is 4.73 Å². The molecular formula is C9H14N2O2. The number of nitrogens with zero attached hydrogens (tertiary/aromatic N) is 1. The van der Waals surface area contributed by atoms with Crippen LogP contribution in [0.2, 0.25) is 0 Å². The fraction of sp³-hybridized carbons (Fsp3) is 0.444. The average molecular weight is 182 g/mol. The van der Waals surface area contributed by atoms with Gasteiger partial charge in [0.2, 0.25) is 0 Å². The molecule has 1 aromatic heterocycles. The zero-order chi connectivity index (χ0) is 10.0. The van der Waals surface area contributed by atoms with Crippen molar-refractivity contribution in [2.75, 3.05) is 12.4 Å². The van der Waals surface area contributed by atoms with Crippen molar-refractivity contribution in [3.8, 4) is 0 Å². The lowest BCUT2D eigenvalue weighted by Gasteiger charge is -2.09. The Bertz CT molecular complexity index is 355. The van der Waals surface area contributed by atoms with Crippen LogP contribution in [0.1, 0.15) is 25.3 Å². The van der Waals surface area contributed by atoms with E-state index in [4.69, 9.17) is 0 Å². The first-order chi connectivity index (χ1) is 6.07. The third kappa shape index (κ3) is 1.66. The summed E-state index contributed by atoms with van der Waals surface area (Å²) >= 11 is 0. The van der Waals surface area contributed by atoms with E-state index in [1.165, 1.54) is 0 Å². The molecule has 0 unspecified atom stereocenters. The molecule has 0 radical (unpaired) electrons. The van der Waals surface area contributed by atoms with Crippen LogP contribution in [0.3, 0.4) is 0 Å². The molecule has 2 N–H and O–H groups in total. The summed E-state index contributed by atoms with van der Waals surface area (Å²) in [5.74, 6) is 0.520. The number of hydrogen-bond acceptors (Lipinski definition) is 3. The molecule has 0 aliphatic heterocycles. The first kappa shape index (κ1) is 9.64. The van der Waals surface area contributed by atoms with Gasteiger partial charge in [0, 0.05) is 12.6 Å². The predicted octanol–water partition coefficient (Wildman–Crippen LogP) is 1.25. The van der Waals surface area contributed by atoms with Crippen LogP contribution < -0.4 is 10.9 Å². The van der Waals surface area contributed by atoms with Crippen molar-refractivity contribution in [2.45, 2.75) is 19.8 Å². The van der Waals surface area contributed by atoms with Gasteiger partial charge in [0.1, 0.15) is 5.82 Å². The number of rotatable bonds is 2. The summed E-state index contributed by atoms with van der Waals surface area (Å²) in [5.41, 5.74) is 0.253. The van der Waals surface area contributed by atoms with Crippen LogP contribution in [-0.4, -0.2) is 17.0 Å². The summed E-state index contributed by atoms with van der Waals surface area (Å²) in [6, 6.07) is 3.41. The van der Waals surface area contributed by atoms with E-state index in [1.54, 1.807) is 19.2 Å². The Morgan fingerprint density at radius 2 is 2.08 bits per heavy atom. The van der Waals surface area contributed by atoms with Crippen LogP contribution >= 0.6 is 0 Å². The van der Waals surface area contributed by atoms with Gasteiger partial charge in [0.15, 0.2) is 0 Å². The van der Waals surface area contributed by atoms with Crippen LogP contribution in [0, 0.1) is 0 Å². The standard InChI is InChI=1S/C9H14N2O2/c1-6(2)7-4-5-8(10-3)11(13)9(7)12/h4-6,10,13H,1-3H3. The fourth-order valence-corrected chi connectivity index (χ4v) is 1.17. The highest BCUT2D eigenvalue weighted by Crippen LogP contribution is 2.11. The second-order valence-electron chi connectivity index (χ2n) is 3.20. The maximum absolute atomic E-state index is 11.5. The molecule has 0 bridgehead atoms. The zero-order valence-corrected chi connectivity index (χ0v) is 8.03. The molecule has 1 heterocycles. The van der Waals surface area contributed by atoms with Crippen LogP contribution in [0.25, 0.3) is 0 Å². The Kier molecular flexibility index (Phi) is 2.60. The molecule has 4 nitrogen and oxygen atoms in total. The molecule has 0 aliphatic carbocycles. The van der Waals surface area contributed by atoms with Gasteiger partial charge in [-0.2, -0.15) is 0 Å².